The van der Waals surface area contributed by atoms with Crippen molar-refractivity contribution in [2.75, 3.05) is 13.7 Å². The van der Waals surface area contributed by atoms with Crippen LogP contribution in [0.3, 0.4) is 0 Å². The highest BCUT2D eigenvalue weighted by atomic mass is 16.5. The number of aromatic nitrogens is 3. The zero-order valence-electron chi connectivity index (χ0n) is 14.9. The van der Waals surface area contributed by atoms with E-state index in [4.69, 9.17) is 9.47 Å². The van der Waals surface area contributed by atoms with Crippen LogP contribution in [0.2, 0.25) is 0 Å². The summed E-state index contributed by atoms with van der Waals surface area (Å²) in [5, 5.41) is 9.27. The molecule has 2 amide bonds. The van der Waals surface area contributed by atoms with Crippen molar-refractivity contribution in [3.05, 3.63) is 42.0 Å². The van der Waals surface area contributed by atoms with Gasteiger partial charge in [-0.05, 0) is 30.5 Å². The number of amides is 2. The molecule has 27 heavy (non-hydrogen) atoms. The van der Waals surface area contributed by atoms with E-state index in [2.05, 4.69) is 20.5 Å². The van der Waals surface area contributed by atoms with E-state index in [1.54, 1.807) is 7.11 Å². The largest absolute Gasteiger partial charge is 0.497 e. The molecule has 2 aliphatic rings. The van der Waals surface area contributed by atoms with Crippen LogP contribution in [0.5, 0.6) is 5.75 Å². The fourth-order valence-electron chi connectivity index (χ4n) is 3.35. The minimum absolute atomic E-state index is 0.0856. The van der Waals surface area contributed by atoms with E-state index in [-0.39, 0.29) is 31.0 Å². The fraction of sp³-hybridized carbons (Fsp3) is 0.444. The average Bonchev–Trinajstić information content (AvgIpc) is 3.40. The number of aromatic amines is 1. The molecule has 1 aromatic heterocycles. The number of nitrogens with one attached hydrogen (secondary N) is 2. The van der Waals surface area contributed by atoms with Gasteiger partial charge in [0.15, 0.2) is 6.10 Å². The first-order chi connectivity index (χ1) is 13.2. The number of hydrogen-bond donors (Lipinski definition) is 2. The SMILES string of the molecule is COc1ccc([C@@H]2[C@@H](C(=O)NCc3ncn[nH]3)OCC(=O)N2C2CC2)cc1. The number of benzene rings is 1. The lowest BCUT2D eigenvalue weighted by molar-refractivity contribution is -0.165. The number of hydrogen-bond acceptors (Lipinski definition) is 6. The van der Waals surface area contributed by atoms with Gasteiger partial charge in [-0.1, -0.05) is 12.1 Å². The lowest BCUT2D eigenvalue weighted by atomic mass is 9.96. The zero-order valence-corrected chi connectivity index (χ0v) is 14.9. The molecule has 9 nitrogen and oxygen atoms in total. The van der Waals surface area contributed by atoms with Gasteiger partial charge >= 0.3 is 0 Å². The quantitative estimate of drug-likeness (QED) is 0.768. The maximum Gasteiger partial charge on any atom is 0.252 e. The predicted molar refractivity (Wildman–Crippen MR) is 93.6 cm³/mol. The van der Waals surface area contributed by atoms with Crippen molar-refractivity contribution >= 4 is 11.8 Å². The van der Waals surface area contributed by atoms with Gasteiger partial charge in [0.25, 0.3) is 5.91 Å². The molecule has 4 rings (SSSR count). The van der Waals surface area contributed by atoms with Crippen LogP contribution < -0.4 is 10.1 Å². The van der Waals surface area contributed by atoms with Gasteiger partial charge in [0, 0.05) is 6.04 Å². The highest BCUT2D eigenvalue weighted by Gasteiger charge is 2.47. The van der Waals surface area contributed by atoms with Crippen LogP contribution in [0.15, 0.2) is 30.6 Å². The molecule has 0 spiro atoms. The van der Waals surface area contributed by atoms with Gasteiger partial charge < -0.3 is 19.7 Å². The Morgan fingerprint density at radius 3 is 2.78 bits per heavy atom. The number of morpholine rings is 1. The van der Waals surface area contributed by atoms with Crippen LogP contribution in [-0.4, -0.2) is 57.8 Å². The van der Waals surface area contributed by atoms with Gasteiger partial charge in [-0.25, -0.2) is 4.98 Å². The topological polar surface area (TPSA) is 109 Å². The highest BCUT2D eigenvalue weighted by molar-refractivity contribution is 5.86. The van der Waals surface area contributed by atoms with Crippen molar-refractivity contribution in [2.45, 2.75) is 37.6 Å². The minimum atomic E-state index is -0.792. The maximum atomic E-state index is 12.8. The lowest BCUT2D eigenvalue weighted by Gasteiger charge is -2.40. The third kappa shape index (κ3) is 3.63. The van der Waals surface area contributed by atoms with Gasteiger partial charge in [-0.2, -0.15) is 5.10 Å². The molecule has 1 saturated carbocycles. The van der Waals surface area contributed by atoms with Crippen LogP contribution in [0.4, 0.5) is 0 Å². The smallest absolute Gasteiger partial charge is 0.252 e. The highest BCUT2D eigenvalue weighted by Crippen LogP contribution is 2.39. The van der Waals surface area contributed by atoms with Crippen LogP contribution in [0.25, 0.3) is 0 Å². The second kappa shape index (κ2) is 7.36. The Kier molecular flexibility index (Phi) is 4.76. The Morgan fingerprint density at radius 1 is 1.37 bits per heavy atom. The van der Waals surface area contributed by atoms with Crippen molar-refractivity contribution in [2.24, 2.45) is 0 Å². The van der Waals surface area contributed by atoms with Gasteiger partial charge in [0.1, 0.15) is 24.5 Å². The average molecular weight is 371 g/mol. The number of nitrogens with zero attached hydrogens (tertiary/aromatic N) is 3. The Bertz CT molecular complexity index is 804. The Morgan fingerprint density at radius 2 is 2.15 bits per heavy atom. The Hall–Kier alpha value is -2.94. The van der Waals surface area contributed by atoms with E-state index in [0.29, 0.717) is 11.6 Å². The van der Waals surface area contributed by atoms with Gasteiger partial charge in [0.05, 0.1) is 19.7 Å². The normalized spacial score (nSPS) is 22.6. The van der Waals surface area contributed by atoms with E-state index >= 15 is 0 Å². The number of carbonyl (C=O) groups is 2. The predicted octanol–water partition coefficient (Wildman–Crippen LogP) is 0.561. The molecule has 0 bridgehead atoms. The number of rotatable bonds is 6. The van der Waals surface area contributed by atoms with Gasteiger partial charge in [0.2, 0.25) is 5.91 Å². The number of carbonyl (C=O) groups excluding carboxylic acids is 2. The molecule has 142 valence electrons. The summed E-state index contributed by atoms with van der Waals surface area (Å²) in [4.78, 5) is 31.2. The standard InChI is InChI=1S/C18H21N5O4/c1-26-13-6-2-11(3-7-13)16-17(18(25)19-8-14-20-10-21-22-14)27-9-15(24)23(16)12-4-5-12/h2-3,6-7,10,12,16-17H,4-5,8-9H2,1H3,(H,19,25)(H,20,21,22)/t16-,17+/m1/s1. The second-order valence-electron chi connectivity index (χ2n) is 6.63. The van der Waals surface area contributed by atoms with Crippen molar-refractivity contribution in [1.82, 2.24) is 25.4 Å². The first kappa shape index (κ1) is 17.5. The summed E-state index contributed by atoms with van der Waals surface area (Å²) >= 11 is 0. The van der Waals surface area contributed by atoms with Crippen LogP contribution in [0, 0.1) is 0 Å². The monoisotopic (exact) mass is 371 g/mol. The van der Waals surface area contributed by atoms with Crippen molar-refractivity contribution in [1.29, 1.82) is 0 Å². The molecule has 2 fully saturated rings. The molecule has 0 radical (unpaired) electrons. The van der Waals surface area contributed by atoms with Gasteiger partial charge in [-0.15, -0.1) is 0 Å². The molecule has 1 aromatic carbocycles. The Labute approximate surface area is 156 Å². The van der Waals surface area contributed by atoms with Crippen LogP contribution in [0.1, 0.15) is 30.3 Å². The third-order valence-corrected chi connectivity index (χ3v) is 4.81. The van der Waals surface area contributed by atoms with E-state index in [1.807, 2.05) is 29.2 Å². The zero-order chi connectivity index (χ0) is 18.8. The summed E-state index contributed by atoms with van der Waals surface area (Å²) in [7, 11) is 1.60. The second-order valence-corrected chi connectivity index (χ2v) is 6.63. The first-order valence-electron chi connectivity index (χ1n) is 8.86. The molecule has 0 unspecified atom stereocenters. The molecule has 9 heteroatoms. The fourth-order valence-corrected chi connectivity index (χ4v) is 3.35. The van der Waals surface area contributed by atoms with E-state index in [9.17, 15) is 9.59 Å². The van der Waals surface area contributed by atoms with Crippen molar-refractivity contribution in [3.8, 4) is 5.75 Å². The summed E-state index contributed by atoms with van der Waals surface area (Å²) in [6.45, 7) is 0.120. The van der Waals surface area contributed by atoms with E-state index < -0.39 is 12.1 Å². The summed E-state index contributed by atoms with van der Waals surface area (Å²) < 4.78 is 10.9. The number of ether oxygens (including phenoxy) is 2. The number of H-pyrrole nitrogens is 1. The summed E-state index contributed by atoms with van der Waals surface area (Å²) in [6.07, 6.45) is 2.49. The molecular formula is C18H21N5O4. The summed E-state index contributed by atoms with van der Waals surface area (Å²) in [6, 6.07) is 7.08. The molecule has 2 N–H and O–H groups in total. The maximum absolute atomic E-state index is 12.8. The molecule has 1 aliphatic carbocycles. The van der Waals surface area contributed by atoms with E-state index in [1.165, 1.54) is 6.33 Å². The van der Waals surface area contributed by atoms with E-state index in [0.717, 1.165) is 18.4 Å². The first-order valence-corrected chi connectivity index (χ1v) is 8.86. The van der Waals surface area contributed by atoms with Crippen LogP contribution >= 0.6 is 0 Å². The minimum Gasteiger partial charge on any atom is -0.497 e. The van der Waals surface area contributed by atoms with Crippen molar-refractivity contribution in [3.63, 3.8) is 0 Å². The van der Waals surface area contributed by atoms with Gasteiger partial charge in [-0.3, -0.25) is 14.7 Å². The summed E-state index contributed by atoms with van der Waals surface area (Å²) in [5.41, 5.74) is 0.843. The molecular weight excluding hydrogens is 350 g/mol. The molecule has 2 heterocycles. The molecule has 1 aliphatic heterocycles. The summed E-state index contributed by atoms with van der Waals surface area (Å²) in [5.74, 6) is 0.893. The van der Waals surface area contributed by atoms with Crippen molar-refractivity contribution < 1.29 is 19.1 Å². The van der Waals surface area contributed by atoms with Crippen LogP contribution in [-0.2, 0) is 20.9 Å². The molecule has 1 saturated heterocycles. The lowest BCUT2D eigenvalue weighted by Crippen LogP contribution is -2.55. The molecule has 2 aromatic rings. The number of methoxy groups -OCH3 is 1. The molecule has 2 atom stereocenters. The third-order valence-electron chi connectivity index (χ3n) is 4.81. The Balaban J connectivity index is 1.58.